The van der Waals surface area contributed by atoms with Crippen LogP contribution in [0, 0.1) is 17.8 Å². The average Bonchev–Trinajstić information content (AvgIpc) is 3.73. The number of hydrogen-bond acceptors (Lipinski definition) is 3. The van der Waals surface area contributed by atoms with Crippen LogP contribution in [0.4, 0.5) is 11.4 Å². The van der Waals surface area contributed by atoms with Crippen LogP contribution in [0.25, 0.3) is 5.52 Å². The number of hydrogen-bond donors (Lipinski definition) is 2. The molecule has 1 fully saturated rings. The summed E-state index contributed by atoms with van der Waals surface area (Å²) < 4.78 is 7.59. The number of rotatable bonds is 8. The molecule has 2 N–H and O–H groups in total. The topological polar surface area (TPSA) is 90.7 Å². The van der Waals surface area contributed by atoms with Crippen molar-refractivity contribution in [1.29, 1.82) is 0 Å². The number of aromatic nitrogens is 3. The van der Waals surface area contributed by atoms with Gasteiger partial charge in [-0.15, -0.1) is 0 Å². The second kappa shape index (κ2) is 18.1. The third kappa shape index (κ3) is 11.1. The minimum atomic E-state index is -0.00837. The lowest BCUT2D eigenvalue weighted by Crippen LogP contribution is -2.61. The zero-order valence-electron chi connectivity index (χ0n) is 33.9. The molecule has 3 aromatic rings. The summed E-state index contributed by atoms with van der Waals surface area (Å²) in [5.41, 5.74) is 5.68. The Morgan fingerprint density at radius 2 is 1.37 bits per heavy atom. The van der Waals surface area contributed by atoms with Gasteiger partial charge in [-0.3, -0.25) is 14.4 Å². The number of fused-ring (bicyclic) bond motifs is 2. The van der Waals surface area contributed by atoms with Crippen LogP contribution < -0.4 is 19.8 Å². The molecule has 282 valence electrons. The van der Waals surface area contributed by atoms with E-state index in [0.717, 1.165) is 60.4 Å². The third-order valence-corrected chi connectivity index (χ3v) is 10.3. The van der Waals surface area contributed by atoms with Crippen LogP contribution in [-0.4, -0.2) is 70.8 Å². The van der Waals surface area contributed by atoms with Crippen molar-refractivity contribution >= 4 is 34.6 Å². The van der Waals surface area contributed by atoms with Crippen LogP contribution in [0.1, 0.15) is 113 Å². The Balaban J connectivity index is 0.000000208. The van der Waals surface area contributed by atoms with Crippen molar-refractivity contribution < 1.29 is 28.0 Å². The lowest BCUT2D eigenvalue weighted by Gasteiger charge is -2.45. The van der Waals surface area contributed by atoms with Gasteiger partial charge < -0.3 is 20.0 Å². The van der Waals surface area contributed by atoms with E-state index in [1.807, 2.05) is 81.6 Å². The Kier molecular flexibility index (Phi) is 14.8. The van der Waals surface area contributed by atoms with Crippen molar-refractivity contribution in [2.45, 2.75) is 120 Å². The summed E-state index contributed by atoms with van der Waals surface area (Å²) in [6, 6.07) is 7.55. The highest BCUT2D eigenvalue weighted by molar-refractivity contribution is 5.93. The number of carbonyl (C=O) groups is 3. The maximum atomic E-state index is 11.8. The fourth-order valence-corrected chi connectivity index (χ4v) is 6.26. The highest BCUT2D eigenvalue weighted by Crippen LogP contribution is 2.27. The van der Waals surface area contributed by atoms with E-state index in [-0.39, 0.29) is 29.6 Å². The maximum Gasteiger partial charge on any atom is 0.249 e. The van der Waals surface area contributed by atoms with E-state index in [4.69, 9.17) is 0 Å². The Morgan fingerprint density at radius 1 is 0.765 bits per heavy atom. The van der Waals surface area contributed by atoms with Gasteiger partial charge in [0.1, 0.15) is 12.4 Å². The lowest BCUT2D eigenvalue weighted by molar-refractivity contribution is -0.933. The number of imidazole rings is 1. The van der Waals surface area contributed by atoms with Gasteiger partial charge in [-0.25, -0.2) is 8.97 Å². The zero-order chi connectivity index (χ0) is 38.2. The summed E-state index contributed by atoms with van der Waals surface area (Å²) >= 11 is 0. The third-order valence-electron chi connectivity index (χ3n) is 10.3. The minimum absolute atomic E-state index is 0.00837. The van der Waals surface area contributed by atoms with Crippen molar-refractivity contribution in [3.8, 4) is 0 Å². The van der Waals surface area contributed by atoms with Crippen LogP contribution in [0.3, 0.4) is 0 Å². The van der Waals surface area contributed by atoms with Crippen molar-refractivity contribution in [2.75, 3.05) is 43.9 Å². The van der Waals surface area contributed by atoms with E-state index in [1.54, 1.807) is 0 Å². The number of anilines is 2. The molecular weight excluding hydrogens is 638 g/mol. The highest BCUT2D eigenvalue weighted by Gasteiger charge is 2.33. The SMILES string of the molecule is CC(C)C(=O)N1CC[N+](C)(C(C)C)CC1.CC(C)C(=O)Nc1cc[n+](C(C)C)c2c1CCC2.CC(C)C(=O)Nc1ccc2c[n+](C(C)C)cn2c1. The molecule has 2 aliphatic rings. The van der Waals surface area contributed by atoms with Gasteiger partial charge in [-0.1, -0.05) is 41.5 Å². The van der Waals surface area contributed by atoms with Crippen molar-refractivity contribution in [1.82, 2.24) is 9.30 Å². The zero-order valence-corrected chi connectivity index (χ0v) is 33.9. The van der Waals surface area contributed by atoms with E-state index < -0.39 is 0 Å². The van der Waals surface area contributed by atoms with Crippen LogP contribution in [0.15, 0.2) is 43.1 Å². The highest BCUT2D eigenvalue weighted by atomic mass is 16.2. The van der Waals surface area contributed by atoms with Gasteiger partial charge in [-0.05, 0) is 66.5 Å². The molecule has 51 heavy (non-hydrogen) atoms. The predicted molar refractivity (Wildman–Crippen MR) is 206 cm³/mol. The Morgan fingerprint density at radius 3 is 1.90 bits per heavy atom. The van der Waals surface area contributed by atoms with E-state index >= 15 is 0 Å². The Bertz CT molecular complexity index is 1630. The molecule has 0 atom stereocenters. The first-order valence-corrected chi connectivity index (χ1v) is 19.2. The van der Waals surface area contributed by atoms with Gasteiger partial charge in [0.05, 0.1) is 56.7 Å². The Labute approximate surface area is 307 Å². The van der Waals surface area contributed by atoms with E-state index in [0.29, 0.717) is 24.0 Å². The molecule has 0 bridgehead atoms. The molecule has 1 aliphatic carbocycles. The van der Waals surface area contributed by atoms with Gasteiger partial charge in [-0.2, -0.15) is 4.57 Å². The molecule has 0 saturated carbocycles. The van der Waals surface area contributed by atoms with Gasteiger partial charge in [0.25, 0.3) is 0 Å². The lowest BCUT2D eigenvalue weighted by atomic mass is 10.1. The van der Waals surface area contributed by atoms with Crippen LogP contribution >= 0.6 is 0 Å². The summed E-state index contributed by atoms with van der Waals surface area (Å²) in [5.74, 6) is 0.612. The summed E-state index contributed by atoms with van der Waals surface area (Å²) in [5, 5.41) is 5.96. The van der Waals surface area contributed by atoms with Gasteiger partial charge in [0, 0.05) is 35.8 Å². The summed E-state index contributed by atoms with van der Waals surface area (Å²) in [6.45, 7) is 28.8. The van der Waals surface area contributed by atoms with Crippen molar-refractivity contribution in [3.05, 3.63) is 54.4 Å². The second-order valence-electron chi connectivity index (χ2n) is 16.3. The normalized spacial score (nSPS) is 15.2. The van der Waals surface area contributed by atoms with E-state index in [9.17, 15) is 14.4 Å². The quantitative estimate of drug-likeness (QED) is 0.211. The molecule has 5 rings (SSSR count). The standard InChI is InChI=1S/C15H22N2O.C14H19N3O.C12H25N2O/c1-10(2)15(18)16-13-8-9-17(11(3)4)14-7-5-6-12(13)14;1-10(2)14(18)15-12-5-6-13-8-16(11(3)4)9-17(13)7-12;1-10(2)12(15)13-6-8-14(5,9-7-13)11(3)4/h8-11H,5-7H2,1-4H3;5-11H,1-4H3;10-11H,6-9H2,1-5H3/q;;+1/p+2. The molecule has 1 aliphatic heterocycles. The Hall–Kier alpha value is -3.79. The average molecular weight is 707 g/mol. The molecule has 0 radical (unpaired) electrons. The van der Waals surface area contributed by atoms with Crippen LogP contribution in [-0.2, 0) is 27.2 Å². The predicted octanol–water partition coefficient (Wildman–Crippen LogP) is 6.38. The number of quaternary nitrogens is 1. The second-order valence-corrected chi connectivity index (χ2v) is 16.3. The van der Waals surface area contributed by atoms with Gasteiger partial charge >= 0.3 is 0 Å². The molecular formula is C41H68N7O3+3. The molecule has 10 heteroatoms. The number of piperazine rings is 1. The molecule has 10 nitrogen and oxygen atoms in total. The van der Waals surface area contributed by atoms with Crippen molar-refractivity contribution in [2.24, 2.45) is 17.8 Å². The smallest absolute Gasteiger partial charge is 0.249 e. The first kappa shape index (κ1) is 41.6. The number of nitrogens with one attached hydrogen (secondary N) is 2. The molecule has 1 saturated heterocycles. The summed E-state index contributed by atoms with van der Waals surface area (Å²) in [6.07, 6.45) is 11.6. The minimum Gasteiger partial charge on any atom is -0.331 e. The molecule has 4 heterocycles. The number of nitrogens with zero attached hydrogens (tertiary/aromatic N) is 5. The van der Waals surface area contributed by atoms with Gasteiger partial charge in [0.2, 0.25) is 24.0 Å². The molecule has 0 unspecified atom stereocenters. The van der Waals surface area contributed by atoms with E-state index in [2.05, 4.69) is 80.8 Å². The van der Waals surface area contributed by atoms with E-state index in [1.165, 1.54) is 17.7 Å². The first-order valence-electron chi connectivity index (χ1n) is 19.2. The molecule has 3 amide bonds. The maximum absolute atomic E-state index is 11.8. The molecule has 0 spiro atoms. The summed E-state index contributed by atoms with van der Waals surface area (Å²) in [7, 11) is 2.29. The number of pyridine rings is 2. The summed E-state index contributed by atoms with van der Waals surface area (Å²) in [4.78, 5) is 37.3. The first-order chi connectivity index (χ1) is 23.8. The monoisotopic (exact) mass is 707 g/mol. The fourth-order valence-electron chi connectivity index (χ4n) is 6.26. The number of likely N-dealkylation sites (N-methyl/N-ethyl adjacent to an activating group) is 1. The molecule has 0 aromatic carbocycles. The fraction of sp³-hybridized carbons (Fsp3) is 0.634. The number of carbonyl (C=O) groups excluding carboxylic acids is 3. The van der Waals surface area contributed by atoms with Crippen LogP contribution in [0.5, 0.6) is 0 Å². The van der Waals surface area contributed by atoms with Crippen molar-refractivity contribution in [3.63, 3.8) is 0 Å². The van der Waals surface area contributed by atoms with Gasteiger partial charge in [0.15, 0.2) is 23.4 Å². The largest absolute Gasteiger partial charge is 0.331 e. The molecule has 3 aromatic heterocycles. The van der Waals surface area contributed by atoms with Crippen LogP contribution in [0.2, 0.25) is 0 Å². The number of amides is 3.